The highest BCUT2D eigenvalue weighted by molar-refractivity contribution is 5.92. The van der Waals surface area contributed by atoms with E-state index in [4.69, 9.17) is 15.2 Å². The fourth-order valence-electron chi connectivity index (χ4n) is 1.53. The van der Waals surface area contributed by atoms with Gasteiger partial charge < -0.3 is 15.2 Å². The predicted molar refractivity (Wildman–Crippen MR) is 54.3 cm³/mol. The molecule has 2 rings (SSSR count). The molecule has 0 aromatic rings. The Morgan fingerprint density at radius 1 is 1.57 bits per heavy atom. The monoisotopic (exact) mass is 196 g/mol. The first kappa shape index (κ1) is 9.83. The smallest absolute Gasteiger partial charge is 0.127 e. The van der Waals surface area contributed by atoms with E-state index in [0.717, 1.165) is 18.6 Å². The minimum absolute atomic E-state index is 0.0355. The van der Waals surface area contributed by atoms with Crippen LogP contribution in [0.4, 0.5) is 0 Å². The lowest BCUT2D eigenvalue weighted by Gasteiger charge is -2.27. The quantitative estimate of drug-likeness (QED) is 0.711. The van der Waals surface area contributed by atoms with Gasteiger partial charge in [-0.15, -0.1) is 0 Å². The molecule has 4 heteroatoms. The van der Waals surface area contributed by atoms with Crippen LogP contribution in [0, 0.1) is 0 Å². The number of nitrogens with zero attached hydrogens (tertiary/aromatic N) is 1. The second-order valence-electron chi connectivity index (χ2n) is 3.62. The molecule has 0 amide bonds. The Bertz CT molecular complexity index is 259. The van der Waals surface area contributed by atoms with Gasteiger partial charge in [0, 0.05) is 19.9 Å². The molecule has 2 unspecified atom stereocenters. The summed E-state index contributed by atoms with van der Waals surface area (Å²) in [5.74, 6) is 0. The van der Waals surface area contributed by atoms with Crippen molar-refractivity contribution in [3.05, 3.63) is 12.3 Å². The Hall–Kier alpha value is -0.710. The molecule has 78 valence electrons. The minimum Gasteiger partial charge on any atom is -0.374 e. The summed E-state index contributed by atoms with van der Waals surface area (Å²) in [7, 11) is 1.68. The lowest BCUT2D eigenvalue weighted by atomic mass is 10.1. The van der Waals surface area contributed by atoms with Gasteiger partial charge in [0.1, 0.15) is 12.2 Å². The first-order valence-electron chi connectivity index (χ1n) is 4.96. The molecule has 0 bridgehead atoms. The number of hydrogen-bond acceptors (Lipinski definition) is 4. The van der Waals surface area contributed by atoms with Crippen molar-refractivity contribution in [1.29, 1.82) is 0 Å². The summed E-state index contributed by atoms with van der Waals surface area (Å²) in [6, 6.07) is 0. The van der Waals surface area contributed by atoms with E-state index in [1.165, 1.54) is 0 Å². The molecular formula is C10H16N2O2. The van der Waals surface area contributed by atoms with Crippen LogP contribution in [0.15, 0.2) is 17.3 Å². The van der Waals surface area contributed by atoms with Crippen molar-refractivity contribution < 1.29 is 9.47 Å². The van der Waals surface area contributed by atoms with Gasteiger partial charge in [0.2, 0.25) is 0 Å². The third-order valence-electron chi connectivity index (χ3n) is 2.49. The van der Waals surface area contributed by atoms with Crippen molar-refractivity contribution in [2.24, 2.45) is 10.7 Å². The van der Waals surface area contributed by atoms with Gasteiger partial charge in [-0.25, -0.2) is 0 Å². The first-order valence-corrected chi connectivity index (χ1v) is 4.96. The van der Waals surface area contributed by atoms with Gasteiger partial charge in [-0.2, -0.15) is 0 Å². The average Bonchev–Trinajstić information content (AvgIpc) is 3.02. The third kappa shape index (κ3) is 2.03. The average molecular weight is 196 g/mol. The number of aliphatic imine (C=N–C) groups is 1. The zero-order valence-electron chi connectivity index (χ0n) is 8.35. The van der Waals surface area contributed by atoms with E-state index in [0.29, 0.717) is 12.6 Å². The molecule has 0 aromatic carbocycles. The highest BCUT2D eigenvalue weighted by atomic mass is 16.5. The van der Waals surface area contributed by atoms with Crippen molar-refractivity contribution in [2.45, 2.75) is 31.2 Å². The number of methoxy groups -OCH3 is 1. The van der Waals surface area contributed by atoms with Crippen molar-refractivity contribution >= 4 is 5.71 Å². The standard InChI is InChI=1S/C10H16N2O2/c1-13-9-4-5-12-8(6-11)10(9)14-7-2-3-7/h4-5,7,9-10H,2-3,6,11H2,1H3. The fourth-order valence-corrected chi connectivity index (χ4v) is 1.53. The number of rotatable bonds is 4. The largest absolute Gasteiger partial charge is 0.374 e. The topological polar surface area (TPSA) is 56.8 Å². The van der Waals surface area contributed by atoms with Crippen LogP contribution in [0.1, 0.15) is 12.8 Å². The second kappa shape index (κ2) is 4.21. The van der Waals surface area contributed by atoms with E-state index in [-0.39, 0.29) is 12.2 Å². The SMILES string of the molecule is COC1C=CN=C(CN)C1OC1CC1. The molecule has 0 saturated heterocycles. The molecule has 4 nitrogen and oxygen atoms in total. The van der Waals surface area contributed by atoms with Crippen molar-refractivity contribution in [2.75, 3.05) is 13.7 Å². The lowest BCUT2D eigenvalue weighted by molar-refractivity contribution is -0.00912. The summed E-state index contributed by atoms with van der Waals surface area (Å²) in [5.41, 5.74) is 6.49. The van der Waals surface area contributed by atoms with Crippen LogP contribution in [0.5, 0.6) is 0 Å². The van der Waals surface area contributed by atoms with Crippen LogP contribution in [0.25, 0.3) is 0 Å². The summed E-state index contributed by atoms with van der Waals surface area (Å²) in [5, 5.41) is 0. The molecule has 0 radical (unpaired) electrons. The highest BCUT2D eigenvalue weighted by Gasteiger charge is 2.33. The molecule has 2 N–H and O–H groups in total. The van der Waals surface area contributed by atoms with Crippen LogP contribution in [-0.2, 0) is 9.47 Å². The lowest BCUT2D eigenvalue weighted by Crippen LogP contribution is -2.42. The third-order valence-corrected chi connectivity index (χ3v) is 2.49. The summed E-state index contributed by atoms with van der Waals surface area (Å²) in [4.78, 5) is 4.21. The maximum absolute atomic E-state index is 5.82. The number of hydrogen-bond donors (Lipinski definition) is 1. The van der Waals surface area contributed by atoms with Crippen LogP contribution in [0.3, 0.4) is 0 Å². The Labute approximate surface area is 83.8 Å². The number of nitrogens with two attached hydrogens (primary N) is 1. The second-order valence-corrected chi connectivity index (χ2v) is 3.62. The zero-order chi connectivity index (χ0) is 9.97. The molecule has 1 saturated carbocycles. The predicted octanol–water partition coefficient (Wildman–Crippen LogP) is 0.476. The van der Waals surface area contributed by atoms with E-state index in [9.17, 15) is 0 Å². The van der Waals surface area contributed by atoms with Crippen LogP contribution < -0.4 is 5.73 Å². The maximum Gasteiger partial charge on any atom is 0.127 e. The van der Waals surface area contributed by atoms with E-state index in [1.54, 1.807) is 13.3 Å². The van der Waals surface area contributed by atoms with E-state index >= 15 is 0 Å². The Kier molecular flexibility index (Phi) is 2.96. The molecule has 1 aliphatic heterocycles. The van der Waals surface area contributed by atoms with Crippen LogP contribution in [0.2, 0.25) is 0 Å². The molecule has 2 aliphatic rings. The number of ether oxygens (including phenoxy) is 2. The molecule has 2 atom stereocenters. The molecule has 1 aliphatic carbocycles. The molecule has 1 heterocycles. The van der Waals surface area contributed by atoms with E-state index in [2.05, 4.69) is 4.99 Å². The summed E-state index contributed by atoms with van der Waals surface area (Å²) in [6.07, 6.45) is 6.22. The maximum atomic E-state index is 5.82. The van der Waals surface area contributed by atoms with Crippen molar-refractivity contribution in [1.82, 2.24) is 0 Å². The van der Waals surface area contributed by atoms with E-state index < -0.39 is 0 Å². The highest BCUT2D eigenvalue weighted by Crippen LogP contribution is 2.27. The normalized spacial score (nSPS) is 31.7. The molecule has 0 aromatic heterocycles. The summed E-state index contributed by atoms with van der Waals surface area (Å²) in [6.45, 7) is 0.432. The minimum atomic E-state index is -0.0810. The Balaban J connectivity index is 2.05. The van der Waals surface area contributed by atoms with Gasteiger partial charge in [-0.1, -0.05) is 0 Å². The van der Waals surface area contributed by atoms with Gasteiger partial charge in [0.25, 0.3) is 0 Å². The molecule has 14 heavy (non-hydrogen) atoms. The Morgan fingerprint density at radius 3 is 2.93 bits per heavy atom. The Morgan fingerprint density at radius 2 is 2.36 bits per heavy atom. The zero-order valence-corrected chi connectivity index (χ0v) is 8.35. The van der Waals surface area contributed by atoms with Gasteiger partial charge in [-0.05, 0) is 18.9 Å². The van der Waals surface area contributed by atoms with Gasteiger partial charge in [0.15, 0.2) is 0 Å². The van der Waals surface area contributed by atoms with Gasteiger partial charge in [-0.3, -0.25) is 4.99 Å². The van der Waals surface area contributed by atoms with Crippen LogP contribution >= 0.6 is 0 Å². The first-order chi connectivity index (χ1) is 6.85. The van der Waals surface area contributed by atoms with Crippen molar-refractivity contribution in [3.63, 3.8) is 0 Å². The summed E-state index contributed by atoms with van der Waals surface area (Å²) < 4.78 is 11.1. The molecule has 1 fully saturated rings. The van der Waals surface area contributed by atoms with Crippen molar-refractivity contribution in [3.8, 4) is 0 Å². The van der Waals surface area contributed by atoms with E-state index in [1.807, 2.05) is 6.08 Å². The van der Waals surface area contributed by atoms with Crippen LogP contribution in [-0.4, -0.2) is 37.7 Å². The fraction of sp³-hybridized carbons (Fsp3) is 0.700. The van der Waals surface area contributed by atoms with Gasteiger partial charge in [0.05, 0.1) is 11.8 Å². The van der Waals surface area contributed by atoms with Gasteiger partial charge >= 0.3 is 0 Å². The summed E-state index contributed by atoms with van der Waals surface area (Å²) >= 11 is 0. The molecule has 0 spiro atoms. The molecular weight excluding hydrogens is 180 g/mol.